The van der Waals surface area contributed by atoms with Crippen LogP contribution in [0.25, 0.3) is 4.98 Å². The number of rotatable bonds is 7. The van der Waals surface area contributed by atoms with Gasteiger partial charge < -0.3 is 14.5 Å². The summed E-state index contributed by atoms with van der Waals surface area (Å²) < 4.78 is 5.33. The second-order valence-corrected chi connectivity index (χ2v) is 4.99. The summed E-state index contributed by atoms with van der Waals surface area (Å²) in [6, 6.07) is 5.41. The molecule has 0 atom stereocenters. The lowest BCUT2D eigenvalue weighted by Gasteiger charge is -2.19. The molecule has 0 spiro atoms. The fourth-order valence-electron chi connectivity index (χ4n) is 1.98. The normalized spacial score (nSPS) is 10.8. The van der Waals surface area contributed by atoms with Gasteiger partial charge in [0.15, 0.2) is 4.98 Å². The summed E-state index contributed by atoms with van der Waals surface area (Å²) in [6.45, 7) is 2.87. The second kappa shape index (κ2) is 7.72. The van der Waals surface area contributed by atoms with Crippen LogP contribution in [-0.2, 0) is 6.54 Å². The number of hydrogen-bond acceptors (Lipinski definition) is 4. The Hall–Kier alpha value is -1.64. The number of ether oxygens (including phenoxy) is 1. The standard InChI is InChI=1S/C14H23N4O/c1-17(2)8-5-9-18(3)11-12-10-13(16-15)6-7-14(12)19-4/h6-7,10H,5,8-9,11H2,1-4H3/q+1. The summed E-state index contributed by atoms with van der Waals surface area (Å²) in [6.07, 6.45) is 1.12. The van der Waals surface area contributed by atoms with E-state index in [-0.39, 0.29) is 0 Å². The molecule has 0 aliphatic rings. The van der Waals surface area contributed by atoms with Gasteiger partial charge in [-0.2, -0.15) is 0 Å². The van der Waals surface area contributed by atoms with Gasteiger partial charge in [0.05, 0.1) is 7.11 Å². The predicted octanol–water partition coefficient (Wildman–Crippen LogP) is 2.56. The molecule has 0 aromatic heterocycles. The summed E-state index contributed by atoms with van der Waals surface area (Å²) in [5.41, 5.74) is 1.59. The van der Waals surface area contributed by atoms with Crippen LogP contribution in [0.15, 0.2) is 18.2 Å². The first-order chi connectivity index (χ1) is 9.06. The first-order valence-corrected chi connectivity index (χ1v) is 6.42. The van der Waals surface area contributed by atoms with Gasteiger partial charge in [0.1, 0.15) is 5.75 Å². The quantitative estimate of drug-likeness (QED) is 0.709. The molecule has 0 fully saturated rings. The predicted molar refractivity (Wildman–Crippen MR) is 77.2 cm³/mol. The van der Waals surface area contributed by atoms with Gasteiger partial charge in [0, 0.05) is 24.2 Å². The Morgan fingerprint density at radius 1 is 1.21 bits per heavy atom. The van der Waals surface area contributed by atoms with Gasteiger partial charge in [-0.1, -0.05) is 0 Å². The van der Waals surface area contributed by atoms with E-state index in [0.29, 0.717) is 5.69 Å². The number of benzene rings is 1. The average Bonchev–Trinajstić information content (AvgIpc) is 2.38. The van der Waals surface area contributed by atoms with E-state index in [9.17, 15) is 0 Å². The highest BCUT2D eigenvalue weighted by Crippen LogP contribution is 2.25. The van der Waals surface area contributed by atoms with Crippen molar-refractivity contribution in [2.75, 3.05) is 41.3 Å². The molecule has 0 aliphatic carbocycles. The minimum atomic E-state index is 0.553. The van der Waals surface area contributed by atoms with Gasteiger partial charge in [-0.3, -0.25) is 0 Å². The maximum absolute atomic E-state index is 8.83. The number of methoxy groups -OCH3 is 1. The fourth-order valence-corrected chi connectivity index (χ4v) is 1.98. The van der Waals surface area contributed by atoms with E-state index in [2.05, 4.69) is 35.9 Å². The molecular formula is C14H23N4O+. The highest BCUT2D eigenvalue weighted by atomic mass is 16.5. The number of diazo groups is 1. The first-order valence-electron chi connectivity index (χ1n) is 6.42. The molecule has 0 aliphatic heterocycles. The molecule has 0 bridgehead atoms. The fraction of sp³-hybridized carbons (Fsp3) is 0.571. The minimum Gasteiger partial charge on any atom is -0.496 e. The Morgan fingerprint density at radius 2 is 1.95 bits per heavy atom. The summed E-state index contributed by atoms with van der Waals surface area (Å²) >= 11 is 0. The lowest BCUT2D eigenvalue weighted by atomic mass is 10.1. The maximum atomic E-state index is 8.83. The van der Waals surface area contributed by atoms with E-state index < -0.39 is 0 Å². The zero-order valence-electron chi connectivity index (χ0n) is 12.3. The van der Waals surface area contributed by atoms with Crippen LogP contribution in [0.3, 0.4) is 0 Å². The van der Waals surface area contributed by atoms with Crippen molar-refractivity contribution in [3.63, 3.8) is 0 Å². The van der Waals surface area contributed by atoms with Crippen LogP contribution in [0, 0.1) is 5.39 Å². The maximum Gasteiger partial charge on any atom is 0.385 e. The third kappa shape index (κ3) is 5.25. The third-order valence-electron chi connectivity index (χ3n) is 2.96. The monoisotopic (exact) mass is 263 g/mol. The topological polar surface area (TPSA) is 43.9 Å². The molecule has 0 amide bonds. The van der Waals surface area contributed by atoms with Gasteiger partial charge in [-0.25, -0.2) is 0 Å². The summed E-state index contributed by atoms with van der Waals surface area (Å²) in [4.78, 5) is 7.64. The van der Waals surface area contributed by atoms with Crippen molar-refractivity contribution in [1.29, 1.82) is 5.39 Å². The van der Waals surface area contributed by atoms with Gasteiger partial charge >= 0.3 is 5.69 Å². The van der Waals surface area contributed by atoms with E-state index in [1.165, 1.54) is 0 Å². The Morgan fingerprint density at radius 3 is 2.53 bits per heavy atom. The van der Waals surface area contributed by atoms with Crippen molar-refractivity contribution in [3.05, 3.63) is 28.7 Å². The van der Waals surface area contributed by atoms with Gasteiger partial charge in [-0.05, 0) is 46.7 Å². The molecule has 1 aromatic carbocycles. The highest BCUT2D eigenvalue weighted by molar-refractivity contribution is 5.51. The Labute approximate surface area is 115 Å². The molecule has 0 N–H and O–H groups in total. The smallest absolute Gasteiger partial charge is 0.385 e. The molecule has 0 saturated carbocycles. The molecule has 0 radical (unpaired) electrons. The van der Waals surface area contributed by atoms with E-state index >= 15 is 0 Å². The van der Waals surface area contributed by atoms with E-state index in [0.717, 1.165) is 37.4 Å². The highest BCUT2D eigenvalue weighted by Gasteiger charge is 2.12. The lowest BCUT2D eigenvalue weighted by Crippen LogP contribution is -2.23. The SMILES string of the molecule is COc1ccc([N+]#N)cc1CN(C)CCCN(C)C. The molecule has 5 nitrogen and oxygen atoms in total. The van der Waals surface area contributed by atoms with Crippen molar-refractivity contribution in [1.82, 2.24) is 9.80 Å². The van der Waals surface area contributed by atoms with Gasteiger partial charge in [0.25, 0.3) is 0 Å². The van der Waals surface area contributed by atoms with Crippen molar-refractivity contribution >= 4 is 5.69 Å². The Bertz CT molecular complexity index is 440. The van der Waals surface area contributed by atoms with E-state index in [1.54, 1.807) is 13.2 Å². The molecule has 19 heavy (non-hydrogen) atoms. The summed E-state index contributed by atoms with van der Waals surface area (Å²) in [5, 5.41) is 8.83. The molecule has 1 rings (SSSR count). The van der Waals surface area contributed by atoms with Crippen LogP contribution in [0.5, 0.6) is 5.75 Å². The summed E-state index contributed by atoms with van der Waals surface area (Å²) in [5.74, 6) is 0.826. The molecule has 0 heterocycles. The molecule has 0 unspecified atom stereocenters. The minimum absolute atomic E-state index is 0.553. The summed E-state index contributed by atoms with van der Waals surface area (Å²) in [7, 11) is 7.89. The second-order valence-electron chi connectivity index (χ2n) is 4.99. The Kier molecular flexibility index (Phi) is 6.26. The molecule has 0 saturated heterocycles. The number of nitrogens with zero attached hydrogens (tertiary/aromatic N) is 4. The van der Waals surface area contributed by atoms with Crippen LogP contribution in [0.2, 0.25) is 0 Å². The van der Waals surface area contributed by atoms with Crippen LogP contribution in [0.4, 0.5) is 5.69 Å². The van der Waals surface area contributed by atoms with Gasteiger partial charge in [0.2, 0.25) is 5.39 Å². The molecule has 104 valence electrons. The largest absolute Gasteiger partial charge is 0.496 e. The molecule has 1 aromatic rings. The zero-order valence-corrected chi connectivity index (χ0v) is 12.3. The van der Waals surface area contributed by atoms with Crippen LogP contribution >= 0.6 is 0 Å². The third-order valence-corrected chi connectivity index (χ3v) is 2.96. The van der Waals surface area contributed by atoms with Crippen LogP contribution in [-0.4, -0.2) is 51.1 Å². The molecular weight excluding hydrogens is 240 g/mol. The van der Waals surface area contributed by atoms with E-state index in [4.69, 9.17) is 10.1 Å². The average molecular weight is 263 g/mol. The van der Waals surface area contributed by atoms with Crippen molar-refractivity contribution in [3.8, 4) is 5.75 Å². The Balaban J connectivity index is 2.62. The van der Waals surface area contributed by atoms with Crippen molar-refractivity contribution < 1.29 is 4.74 Å². The zero-order chi connectivity index (χ0) is 14.3. The van der Waals surface area contributed by atoms with Crippen molar-refractivity contribution in [2.45, 2.75) is 13.0 Å². The van der Waals surface area contributed by atoms with E-state index in [1.807, 2.05) is 12.1 Å². The molecule has 5 heteroatoms. The number of hydrogen-bond donors (Lipinski definition) is 0. The van der Waals surface area contributed by atoms with Crippen LogP contribution in [0.1, 0.15) is 12.0 Å². The van der Waals surface area contributed by atoms with Crippen molar-refractivity contribution in [2.24, 2.45) is 0 Å². The van der Waals surface area contributed by atoms with Gasteiger partial charge in [-0.15, -0.1) is 0 Å². The lowest BCUT2D eigenvalue weighted by molar-refractivity contribution is 0.290. The first kappa shape index (κ1) is 15.4. The van der Waals surface area contributed by atoms with Crippen LogP contribution < -0.4 is 4.74 Å².